The fourth-order valence-corrected chi connectivity index (χ4v) is 1.82. The van der Waals surface area contributed by atoms with Crippen molar-refractivity contribution in [2.75, 3.05) is 6.61 Å². The molecule has 2 amide bonds. The predicted molar refractivity (Wildman–Crippen MR) is 80.2 cm³/mol. The molecule has 0 radical (unpaired) electrons. The number of amides is 2. The van der Waals surface area contributed by atoms with Gasteiger partial charge in [-0.3, -0.25) is 34.0 Å². The minimum absolute atomic E-state index is 0.273. The van der Waals surface area contributed by atoms with Gasteiger partial charge in [0.2, 0.25) is 0 Å². The lowest BCUT2D eigenvalue weighted by Crippen LogP contribution is -2.36. The normalized spacial score (nSPS) is 10.2. The topological polar surface area (TPSA) is 132 Å². The van der Waals surface area contributed by atoms with Crippen molar-refractivity contribution in [2.24, 2.45) is 7.05 Å². The molecule has 2 aromatic heterocycles. The molecule has 2 aromatic rings. The number of hydrogen-bond donors (Lipinski definition) is 2. The first kappa shape index (κ1) is 16.9. The first-order valence-corrected chi connectivity index (χ1v) is 6.77. The van der Waals surface area contributed by atoms with Gasteiger partial charge in [-0.2, -0.15) is 0 Å². The number of H-pyrrole nitrogens is 1. The van der Waals surface area contributed by atoms with E-state index in [2.05, 4.69) is 10.1 Å². The Kier molecular flexibility index (Phi) is 5.09. The van der Waals surface area contributed by atoms with E-state index in [0.29, 0.717) is 0 Å². The third-order valence-electron chi connectivity index (χ3n) is 2.99. The van der Waals surface area contributed by atoms with Crippen LogP contribution in [0.4, 0.5) is 0 Å². The maximum atomic E-state index is 11.8. The first-order valence-electron chi connectivity index (χ1n) is 6.77. The molecule has 0 fully saturated rings. The summed E-state index contributed by atoms with van der Waals surface area (Å²) in [5.74, 6) is -2.30. The largest absolute Gasteiger partial charge is 0.454 e. The van der Waals surface area contributed by atoms with Crippen LogP contribution in [0.1, 0.15) is 10.5 Å². The molecule has 24 heavy (non-hydrogen) atoms. The van der Waals surface area contributed by atoms with Crippen molar-refractivity contribution in [1.82, 2.24) is 19.4 Å². The van der Waals surface area contributed by atoms with E-state index in [4.69, 9.17) is 0 Å². The van der Waals surface area contributed by atoms with Gasteiger partial charge in [-0.05, 0) is 12.1 Å². The van der Waals surface area contributed by atoms with Crippen molar-refractivity contribution in [3.63, 3.8) is 0 Å². The standard InChI is InChI=1S/C14H14N4O6/c1-17-5-2-3-9(17)13(22)15-11(20)8-24-12(21)7-18-6-4-10(19)16-14(18)23/h2-6H,7-8H2,1H3,(H,15,20,22)(H,16,19,23). The minimum Gasteiger partial charge on any atom is -0.454 e. The molecule has 0 atom stereocenters. The number of carbonyl (C=O) groups is 3. The first-order chi connectivity index (χ1) is 11.4. The number of carbonyl (C=O) groups excluding carboxylic acids is 3. The Morgan fingerprint density at radius 1 is 1.21 bits per heavy atom. The van der Waals surface area contributed by atoms with E-state index < -0.39 is 42.2 Å². The molecule has 126 valence electrons. The van der Waals surface area contributed by atoms with Crippen molar-refractivity contribution in [1.29, 1.82) is 0 Å². The van der Waals surface area contributed by atoms with Gasteiger partial charge in [0.25, 0.3) is 17.4 Å². The van der Waals surface area contributed by atoms with Gasteiger partial charge in [-0.1, -0.05) is 0 Å². The summed E-state index contributed by atoms with van der Waals surface area (Å²) in [6.45, 7) is -1.15. The number of ether oxygens (including phenoxy) is 1. The van der Waals surface area contributed by atoms with E-state index in [1.807, 2.05) is 4.98 Å². The van der Waals surface area contributed by atoms with Crippen molar-refractivity contribution in [3.8, 4) is 0 Å². The van der Waals surface area contributed by atoms with Crippen LogP contribution in [-0.4, -0.2) is 38.5 Å². The maximum absolute atomic E-state index is 11.8. The van der Waals surface area contributed by atoms with Gasteiger partial charge in [0, 0.05) is 25.5 Å². The van der Waals surface area contributed by atoms with Gasteiger partial charge in [0.1, 0.15) is 12.2 Å². The van der Waals surface area contributed by atoms with Gasteiger partial charge < -0.3 is 9.30 Å². The van der Waals surface area contributed by atoms with Crippen LogP contribution in [0.5, 0.6) is 0 Å². The highest BCUT2D eigenvalue weighted by Gasteiger charge is 2.14. The zero-order valence-corrected chi connectivity index (χ0v) is 12.6. The van der Waals surface area contributed by atoms with Crippen LogP contribution < -0.4 is 16.6 Å². The highest BCUT2D eigenvalue weighted by Crippen LogP contribution is 1.98. The summed E-state index contributed by atoms with van der Waals surface area (Å²) in [7, 11) is 1.64. The molecule has 0 aromatic carbocycles. The lowest BCUT2D eigenvalue weighted by Gasteiger charge is -2.07. The summed E-state index contributed by atoms with van der Waals surface area (Å²) >= 11 is 0. The summed E-state index contributed by atoms with van der Waals surface area (Å²) in [5.41, 5.74) is -1.10. The molecule has 0 aliphatic carbocycles. The van der Waals surface area contributed by atoms with Crippen molar-refractivity contribution in [3.05, 3.63) is 57.1 Å². The molecule has 10 nitrogen and oxygen atoms in total. The van der Waals surface area contributed by atoms with Gasteiger partial charge >= 0.3 is 11.7 Å². The summed E-state index contributed by atoms with van der Waals surface area (Å²) in [4.78, 5) is 59.2. The zero-order chi connectivity index (χ0) is 17.7. The Morgan fingerprint density at radius 2 is 1.96 bits per heavy atom. The second-order valence-corrected chi connectivity index (χ2v) is 4.78. The molecule has 2 N–H and O–H groups in total. The lowest BCUT2D eigenvalue weighted by atomic mass is 10.4. The predicted octanol–water partition coefficient (Wildman–Crippen LogP) is -1.63. The third-order valence-corrected chi connectivity index (χ3v) is 2.99. The van der Waals surface area contributed by atoms with E-state index >= 15 is 0 Å². The SMILES string of the molecule is Cn1cccc1C(=O)NC(=O)COC(=O)Cn1ccc(=O)[nH]c1=O. The quantitative estimate of drug-likeness (QED) is 0.631. The Labute approximate surface area is 134 Å². The van der Waals surface area contributed by atoms with Crippen LogP contribution >= 0.6 is 0 Å². The minimum atomic E-state index is -0.870. The highest BCUT2D eigenvalue weighted by atomic mass is 16.5. The molecule has 0 unspecified atom stereocenters. The Morgan fingerprint density at radius 3 is 2.58 bits per heavy atom. The fourth-order valence-electron chi connectivity index (χ4n) is 1.82. The number of aryl methyl sites for hydroxylation is 1. The number of aromatic nitrogens is 3. The van der Waals surface area contributed by atoms with Crippen LogP contribution in [0.3, 0.4) is 0 Å². The second kappa shape index (κ2) is 7.22. The molecule has 0 spiro atoms. The number of rotatable bonds is 5. The number of nitrogens with zero attached hydrogens (tertiary/aromatic N) is 2. The molecular formula is C14H14N4O6. The van der Waals surface area contributed by atoms with Crippen LogP contribution in [0.15, 0.2) is 40.2 Å². The Balaban J connectivity index is 1.84. The van der Waals surface area contributed by atoms with Gasteiger partial charge in [0.05, 0.1) is 0 Å². The number of aromatic amines is 1. The number of esters is 1. The zero-order valence-electron chi connectivity index (χ0n) is 12.6. The van der Waals surface area contributed by atoms with Crippen LogP contribution in [0.25, 0.3) is 0 Å². The average Bonchev–Trinajstić information content (AvgIpc) is 2.94. The molecule has 10 heteroatoms. The van der Waals surface area contributed by atoms with Crippen LogP contribution in [-0.2, 0) is 27.9 Å². The molecule has 0 saturated carbocycles. The average molecular weight is 334 g/mol. The van der Waals surface area contributed by atoms with Crippen LogP contribution in [0.2, 0.25) is 0 Å². The lowest BCUT2D eigenvalue weighted by molar-refractivity contribution is -0.149. The van der Waals surface area contributed by atoms with Gasteiger partial charge in [-0.25, -0.2) is 4.79 Å². The van der Waals surface area contributed by atoms with E-state index in [1.54, 1.807) is 19.3 Å². The summed E-state index contributed by atoms with van der Waals surface area (Å²) in [6.07, 6.45) is 2.77. The summed E-state index contributed by atoms with van der Waals surface area (Å²) in [5, 5.41) is 2.07. The van der Waals surface area contributed by atoms with Gasteiger partial charge in [-0.15, -0.1) is 0 Å². The Bertz CT molecular complexity index is 891. The summed E-state index contributed by atoms with van der Waals surface area (Å²) < 4.78 is 7.12. The molecular weight excluding hydrogens is 320 g/mol. The van der Waals surface area contributed by atoms with E-state index in [1.165, 1.54) is 10.6 Å². The molecule has 0 aliphatic heterocycles. The highest BCUT2D eigenvalue weighted by molar-refractivity contribution is 6.04. The molecule has 2 heterocycles. The molecule has 0 aliphatic rings. The van der Waals surface area contributed by atoms with Gasteiger partial charge in [0.15, 0.2) is 6.61 Å². The van der Waals surface area contributed by atoms with Crippen molar-refractivity contribution < 1.29 is 19.1 Å². The summed E-state index contributed by atoms with van der Waals surface area (Å²) in [6, 6.07) is 4.23. The number of hydrogen-bond acceptors (Lipinski definition) is 6. The number of nitrogens with one attached hydrogen (secondary N) is 2. The maximum Gasteiger partial charge on any atom is 0.328 e. The molecule has 0 bridgehead atoms. The van der Waals surface area contributed by atoms with E-state index in [9.17, 15) is 24.0 Å². The third kappa shape index (κ3) is 4.29. The monoisotopic (exact) mass is 334 g/mol. The fraction of sp³-hybridized carbons (Fsp3) is 0.214. The van der Waals surface area contributed by atoms with Crippen LogP contribution in [0, 0.1) is 0 Å². The second-order valence-electron chi connectivity index (χ2n) is 4.78. The molecule has 0 saturated heterocycles. The Hall–Kier alpha value is -3.43. The number of imide groups is 1. The van der Waals surface area contributed by atoms with E-state index in [-0.39, 0.29) is 5.69 Å². The molecule has 2 rings (SSSR count). The van der Waals surface area contributed by atoms with E-state index in [0.717, 1.165) is 16.8 Å². The van der Waals surface area contributed by atoms with Crippen molar-refractivity contribution >= 4 is 17.8 Å². The smallest absolute Gasteiger partial charge is 0.328 e. The van der Waals surface area contributed by atoms with Crippen molar-refractivity contribution in [2.45, 2.75) is 6.54 Å².